The number of nitrogens with one attached hydrogen (secondary N) is 2. The third-order valence-electron chi connectivity index (χ3n) is 3.97. The molecule has 0 radical (unpaired) electrons. The number of carbonyl (C=O) groups excluding carboxylic acids is 1. The number of rotatable bonds is 5. The van der Waals surface area contributed by atoms with Gasteiger partial charge in [0.2, 0.25) is 0 Å². The van der Waals surface area contributed by atoms with E-state index in [0.29, 0.717) is 40.9 Å². The number of nitrogens with zero attached hydrogens (tertiary/aromatic N) is 4. The number of fused-ring (bicyclic) bond motifs is 1. The van der Waals surface area contributed by atoms with Gasteiger partial charge < -0.3 is 16.4 Å². The van der Waals surface area contributed by atoms with E-state index in [1.165, 1.54) is 25.5 Å². The highest BCUT2D eigenvalue weighted by atomic mass is 19.1. The summed E-state index contributed by atoms with van der Waals surface area (Å²) in [6.45, 7) is 0.356. The van der Waals surface area contributed by atoms with Crippen molar-refractivity contribution in [3.8, 4) is 6.07 Å². The quantitative estimate of drug-likeness (QED) is 0.626. The molecule has 1 amide bonds. The molecular formula is C18H16FN7O. The molecule has 2 heterocycles. The van der Waals surface area contributed by atoms with E-state index in [-0.39, 0.29) is 17.3 Å². The SMILES string of the molecule is CNC(=O)c1cc2cc(F)ccc2nc1CCNc1ncnc(N)c1C#N. The van der Waals surface area contributed by atoms with Crippen LogP contribution < -0.4 is 16.4 Å². The van der Waals surface area contributed by atoms with Crippen molar-refractivity contribution >= 4 is 28.4 Å². The fourth-order valence-corrected chi connectivity index (χ4v) is 2.65. The van der Waals surface area contributed by atoms with Gasteiger partial charge in [0, 0.05) is 25.4 Å². The van der Waals surface area contributed by atoms with Crippen molar-refractivity contribution < 1.29 is 9.18 Å². The number of benzene rings is 1. The van der Waals surface area contributed by atoms with Crippen LogP contribution >= 0.6 is 0 Å². The fraction of sp³-hybridized carbons (Fsp3) is 0.167. The van der Waals surface area contributed by atoms with Crippen molar-refractivity contribution in [2.45, 2.75) is 6.42 Å². The summed E-state index contributed by atoms with van der Waals surface area (Å²) in [5.41, 5.74) is 7.31. The Bertz CT molecular complexity index is 1060. The molecule has 3 aromatic rings. The molecule has 1 aromatic carbocycles. The normalized spacial score (nSPS) is 10.4. The Kier molecular flexibility index (Phi) is 5.08. The van der Waals surface area contributed by atoms with E-state index in [9.17, 15) is 9.18 Å². The fourth-order valence-electron chi connectivity index (χ4n) is 2.65. The zero-order chi connectivity index (χ0) is 19.4. The van der Waals surface area contributed by atoms with E-state index in [4.69, 9.17) is 11.0 Å². The van der Waals surface area contributed by atoms with Crippen LogP contribution in [0.3, 0.4) is 0 Å². The maximum absolute atomic E-state index is 13.5. The Hall–Kier alpha value is -3.80. The average molecular weight is 365 g/mol. The monoisotopic (exact) mass is 365 g/mol. The Labute approximate surface area is 154 Å². The van der Waals surface area contributed by atoms with E-state index in [1.807, 2.05) is 6.07 Å². The van der Waals surface area contributed by atoms with Gasteiger partial charge in [0.05, 0.1) is 16.8 Å². The van der Waals surface area contributed by atoms with E-state index in [0.717, 1.165) is 0 Å². The van der Waals surface area contributed by atoms with Crippen LogP contribution in [0.4, 0.5) is 16.0 Å². The molecule has 0 saturated heterocycles. The summed E-state index contributed by atoms with van der Waals surface area (Å²) in [6.07, 6.45) is 1.64. The van der Waals surface area contributed by atoms with Gasteiger partial charge in [-0.3, -0.25) is 9.78 Å². The molecule has 0 aliphatic heterocycles. The third kappa shape index (κ3) is 3.74. The molecule has 27 heavy (non-hydrogen) atoms. The molecule has 9 heteroatoms. The second-order valence-corrected chi connectivity index (χ2v) is 5.67. The van der Waals surface area contributed by atoms with Crippen molar-refractivity contribution in [3.63, 3.8) is 0 Å². The Morgan fingerprint density at radius 1 is 1.33 bits per heavy atom. The average Bonchev–Trinajstić information content (AvgIpc) is 2.67. The highest BCUT2D eigenvalue weighted by Crippen LogP contribution is 2.20. The van der Waals surface area contributed by atoms with Gasteiger partial charge in [-0.05, 0) is 24.3 Å². The van der Waals surface area contributed by atoms with Crippen LogP contribution in [0.1, 0.15) is 21.6 Å². The lowest BCUT2D eigenvalue weighted by atomic mass is 10.1. The molecule has 8 nitrogen and oxygen atoms in total. The van der Waals surface area contributed by atoms with Crippen LogP contribution in [0, 0.1) is 17.1 Å². The maximum Gasteiger partial charge on any atom is 0.252 e. The molecule has 0 spiro atoms. The van der Waals surface area contributed by atoms with Crippen LogP contribution in [0.25, 0.3) is 10.9 Å². The minimum atomic E-state index is -0.396. The van der Waals surface area contributed by atoms with E-state index < -0.39 is 5.82 Å². The lowest BCUT2D eigenvalue weighted by Crippen LogP contribution is -2.21. The number of amides is 1. The lowest BCUT2D eigenvalue weighted by molar-refractivity contribution is 0.0962. The van der Waals surface area contributed by atoms with Crippen LogP contribution in [0.2, 0.25) is 0 Å². The predicted molar refractivity (Wildman–Crippen MR) is 98.4 cm³/mol. The first kappa shape index (κ1) is 18.0. The molecule has 4 N–H and O–H groups in total. The zero-order valence-electron chi connectivity index (χ0n) is 14.5. The topological polar surface area (TPSA) is 130 Å². The van der Waals surface area contributed by atoms with Gasteiger partial charge in [-0.25, -0.2) is 14.4 Å². The molecular weight excluding hydrogens is 349 g/mol. The Morgan fingerprint density at radius 2 is 2.15 bits per heavy atom. The summed E-state index contributed by atoms with van der Waals surface area (Å²) in [5, 5.41) is 15.3. The van der Waals surface area contributed by atoms with Gasteiger partial charge in [0.15, 0.2) is 0 Å². The number of nitrogens with two attached hydrogens (primary N) is 1. The highest BCUT2D eigenvalue weighted by Gasteiger charge is 2.14. The maximum atomic E-state index is 13.5. The molecule has 0 unspecified atom stereocenters. The zero-order valence-corrected chi connectivity index (χ0v) is 14.5. The highest BCUT2D eigenvalue weighted by molar-refractivity contribution is 5.98. The van der Waals surface area contributed by atoms with Crippen molar-refractivity contribution in [1.29, 1.82) is 5.26 Å². The number of carbonyl (C=O) groups is 1. The van der Waals surface area contributed by atoms with Gasteiger partial charge in [0.1, 0.15) is 35.4 Å². The number of nitriles is 1. The van der Waals surface area contributed by atoms with Crippen LogP contribution in [0.5, 0.6) is 0 Å². The van der Waals surface area contributed by atoms with Gasteiger partial charge >= 0.3 is 0 Å². The lowest BCUT2D eigenvalue weighted by Gasteiger charge is -2.11. The predicted octanol–water partition coefficient (Wildman–Crippen LogP) is 1.63. The summed E-state index contributed by atoms with van der Waals surface area (Å²) < 4.78 is 13.5. The van der Waals surface area contributed by atoms with Crippen molar-refractivity contribution in [2.24, 2.45) is 0 Å². The second kappa shape index (κ2) is 7.61. The second-order valence-electron chi connectivity index (χ2n) is 5.67. The molecule has 2 aromatic heterocycles. The van der Waals surface area contributed by atoms with Crippen LogP contribution in [-0.4, -0.2) is 34.5 Å². The number of hydrogen-bond acceptors (Lipinski definition) is 7. The van der Waals surface area contributed by atoms with Crippen molar-refractivity contribution in [2.75, 3.05) is 24.6 Å². The first-order valence-corrected chi connectivity index (χ1v) is 8.09. The van der Waals surface area contributed by atoms with E-state index in [2.05, 4.69) is 25.6 Å². The summed E-state index contributed by atoms with van der Waals surface area (Å²) in [4.78, 5) is 24.5. The smallest absolute Gasteiger partial charge is 0.252 e. The number of anilines is 2. The van der Waals surface area contributed by atoms with Gasteiger partial charge in [-0.15, -0.1) is 0 Å². The molecule has 0 bridgehead atoms. The molecule has 0 fully saturated rings. The largest absolute Gasteiger partial charge is 0.382 e. The van der Waals surface area contributed by atoms with Crippen molar-refractivity contribution in [3.05, 3.63) is 53.2 Å². The molecule has 0 atom stereocenters. The first-order chi connectivity index (χ1) is 13.0. The first-order valence-electron chi connectivity index (χ1n) is 8.09. The van der Waals surface area contributed by atoms with E-state index in [1.54, 1.807) is 12.1 Å². The standard InChI is InChI=1S/C18H16FN7O/c1-22-18(27)12-7-10-6-11(19)2-3-14(10)26-15(12)4-5-23-17-13(8-20)16(21)24-9-25-17/h2-3,6-7,9H,4-5H2,1H3,(H,22,27)(H3,21,23,24,25). The van der Waals surface area contributed by atoms with Crippen molar-refractivity contribution in [1.82, 2.24) is 20.3 Å². The van der Waals surface area contributed by atoms with Gasteiger partial charge in [0.25, 0.3) is 5.91 Å². The molecule has 136 valence electrons. The summed E-state index contributed by atoms with van der Waals surface area (Å²) >= 11 is 0. The van der Waals surface area contributed by atoms with Crippen LogP contribution in [0.15, 0.2) is 30.6 Å². The molecule has 0 saturated carbocycles. The Morgan fingerprint density at radius 3 is 2.89 bits per heavy atom. The minimum Gasteiger partial charge on any atom is -0.382 e. The van der Waals surface area contributed by atoms with Gasteiger partial charge in [-0.1, -0.05) is 0 Å². The Balaban J connectivity index is 1.88. The number of hydrogen-bond donors (Lipinski definition) is 3. The number of nitrogen functional groups attached to an aromatic ring is 1. The number of pyridine rings is 1. The third-order valence-corrected chi connectivity index (χ3v) is 3.97. The number of halogens is 1. The van der Waals surface area contributed by atoms with Gasteiger partial charge in [-0.2, -0.15) is 5.26 Å². The summed E-state index contributed by atoms with van der Waals surface area (Å²) in [7, 11) is 1.52. The molecule has 0 aliphatic carbocycles. The van der Waals surface area contributed by atoms with E-state index >= 15 is 0 Å². The molecule has 0 aliphatic rings. The van der Waals surface area contributed by atoms with Crippen LogP contribution in [-0.2, 0) is 6.42 Å². The molecule has 3 rings (SSSR count). The summed E-state index contributed by atoms with van der Waals surface area (Å²) in [5.74, 6) is -0.305. The minimum absolute atomic E-state index is 0.0897. The number of aromatic nitrogens is 3. The summed E-state index contributed by atoms with van der Waals surface area (Å²) in [6, 6.07) is 7.78.